The van der Waals surface area contributed by atoms with Crippen LogP contribution >= 0.6 is 9.24 Å². The van der Waals surface area contributed by atoms with Crippen molar-refractivity contribution >= 4 is 21.0 Å². The Morgan fingerprint density at radius 3 is 2.87 bits per heavy atom. The zero-order valence-electron chi connectivity index (χ0n) is 23.4. The minimum absolute atomic E-state index is 0.117. The van der Waals surface area contributed by atoms with Crippen molar-refractivity contribution in [3.05, 3.63) is 58.4 Å². The molecule has 0 saturated carbocycles. The molecule has 0 spiro atoms. The third-order valence-electron chi connectivity index (χ3n) is 7.64. The molecule has 0 fully saturated rings. The minimum Gasteiger partial charge on any atom is -0.387 e. The fraction of sp³-hybridized carbons (Fsp3) is 0.533. The number of carbonyl (C=O) groups is 1. The molecule has 0 aromatic heterocycles. The van der Waals surface area contributed by atoms with Crippen LogP contribution in [0.25, 0.3) is 0 Å². The lowest BCUT2D eigenvalue weighted by molar-refractivity contribution is -0.123. The summed E-state index contributed by atoms with van der Waals surface area (Å²) < 4.78 is 0. The number of hydrogen-bond donors (Lipinski definition) is 1. The van der Waals surface area contributed by atoms with E-state index in [-0.39, 0.29) is 5.91 Å². The van der Waals surface area contributed by atoms with Gasteiger partial charge < -0.3 is 20.0 Å². The van der Waals surface area contributed by atoms with Gasteiger partial charge in [0.1, 0.15) is 5.84 Å². The summed E-state index contributed by atoms with van der Waals surface area (Å²) >= 11 is 0. The Labute approximate surface area is 231 Å². The molecule has 1 aliphatic carbocycles. The lowest BCUT2D eigenvalue weighted by Gasteiger charge is -2.40. The SMILES string of the molecule is C=C(P)C(=O)N1C#CCN(/C(=N/C)C2=C(N(C)CCC)CN(C3=CCCCC4=C3CNC=C4)CC2)CCC1. The summed E-state index contributed by atoms with van der Waals surface area (Å²) in [5.74, 6) is 4.15. The van der Waals surface area contributed by atoms with Crippen LogP contribution in [0.3, 0.4) is 0 Å². The monoisotopic (exact) mass is 534 g/mol. The van der Waals surface area contributed by atoms with E-state index in [0.29, 0.717) is 18.4 Å². The molecule has 4 aliphatic rings. The summed E-state index contributed by atoms with van der Waals surface area (Å²) in [6.07, 6.45) is 13.2. The predicted octanol–water partition coefficient (Wildman–Crippen LogP) is 3.68. The summed E-state index contributed by atoms with van der Waals surface area (Å²) in [7, 11) is 6.51. The maximum Gasteiger partial charge on any atom is 0.264 e. The average molecular weight is 535 g/mol. The first-order valence-electron chi connectivity index (χ1n) is 13.9. The largest absolute Gasteiger partial charge is 0.387 e. The number of hydrogen-bond acceptors (Lipinski definition) is 5. The van der Waals surface area contributed by atoms with Crippen LogP contribution < -0.4 is 5.32 Å². The zero-order valence-corrected chi connectivity index (χ0v) is 24.5. The topological polar surface area (TPSA) is 54.4 Å². The van der Waals surface area contributed by atoms with Crippen LogP contribution in [0, 0.1) is 12.0 Å². The van der Waals surface area contributed by atoms with E-state index in [1.165, 1.54) is 34.5 Å². The maximum atomic E-state index is 12.4. The van der Waals surface area contributed by atoms with Crippen molar-refractivity contribution in [3.8, 4) is 12.0 Å². The van der Waals surface area contributed by atoms with E-state index in [1.807, 2.05) is 7.05 Å². The van der Waals surface area contributed by atoms with Crippen molar-refractivity contribution in [2.75, 3.05) is 59.9 Å². The highest BCUT2D eigenvalue weighted by Gasteiger charge is 2.30. The zero-order chi connectivity index (χ0) is 27.1. The second kappa shape index (κ2) is 13.2. The molecule has 0 aromatic rings. The highest BCUT2D eigenvalue weighted by molar-refractivity contribution is 7.24. The lowest BCUT2D eigenvalue weighted by atomic mass is 9.96. The number of rotatable bonds is 6. The van der Waals surface area contributed by atoms with Crippen molar-refractivity contribution in [3.63, 3.8) is 0 Å². The number of carbonyl (C=O) groups excluding carboxylic acids is 1. The Morgan fingerprint density at radius 1 is 1.26 bits per heavy atom. The van der Waals surface area contributed by atoms with Crippen molar-refractivity contribution in [1.82, 2.24) is 24.9 Å². The molecule has 0 saturated heterocycles. The molecule has 3 heterocycles. The summed E-state index contributed by atoms with van der Waals surface area (Å²) in [6.45, 7) is 11.7. The number of dihydropyridines is 1. The molecule has 1 N–H and O–H groups in total. The molecule has 1 atom stereocenters. The van der Waals surface area contributed by atoms with Gasteiger partial charge in [-0.15, -0.1) is 9.24 Å². The van der Waals surface area contributed by atoms with Crippen LogP contribution in [-0.2, 0) is 4.79 Å². The van der Waals surface area contributed by atoms with Crippen molar-refractivity contribution in [1.29, 1.82) is 0 Å². The Kier molecular flexibility index (Phi) is 9.74. The molecule has 38 heavy (non-hydrogen) atoms. The highest BCUT2D eigenvalue weighted by atomic mass is 31.0. The Bertz CT molecular complexity index is 1150. The van der Waals surface area contributed by atoms with Gasteiger partial charge in [0.25, 0.3) is 5.91 Å². The van der Waals surface area contributed by atoms with Gasteiger partial charge in [-0.2, -0.15) is 0 Å². The number of aliphatic imine (C=N–C) groups is 1. The van der Waals surface area contributed by atoms with Gasteiger partial charge in [0.15, 0.2) is 0 Å². The molecular weight excluding hydrogens is 491 g/mol. The first-order valence-corrected chi connectivity index (χ1v) is 14.5. The average Bonchev–Trinajstić information content (AvgIpc) is 3.12. The van der Waals surface area contributed by atoms with E-state index < -0.39 is 0 Å². The summed E-state index contributed by atoms with van der Waals surface area (Å²) in [5.41, 5.74) is 7.04. The number of likely N-dealkylation sites (N-methyl/N-ethyl adjacent to an activating group) is 1. The van der Waals surface area contributed by atoms with Crippen LogP contribution in [0.2, 0.25) is 0 Å². The second-order valence-corrected chi connectivity index (χ2v) is 11.0. The number of amidine groups is 1. The molecule has 0 radical (unpaired) electrons. The van der Waals surface area contributed by atoms with Crippen LogP contribution in [0.4, 0.5) is 0 Å². The summed E-state index contributed by atoms with van der Waals surface area (Å²) in [4.78, 5) is 26.1. The fourth-order valence-corrected chi connectivity index (χ4v) is 5.92. The van der Waals surface area contributed by atoms with Gasteiger partial charge in [-0.3, -0.25) is 14.7 Å². The molecular formula is C30H43N6OP. The predicted molar refractivity (Wildman–Crippen MR) is 160 cm³/mol. The van der Waals surface area contributed by atoms with Crippen LogP contribution in [0.15, 0.2) is 63.4 Å². The van der Waals surface area contributed by atoms with E-state index in [0.717, 1.165) is 70.7 Å². The Morgan fingerprint density at radius 2 is 2.11 bits per heavy atom. The first kappa shape index (κ1) is 28.0. The van der Waals surface area contributed by atoms with Crippen LogP contribution in [0.1, 0.15) is 45.4 Å². The molecule has 204 valence electrons. The van der Waals surface area contributed by atoms with Gasteiger partial charge >= 0.3 is 0 Å². The van der Waals surface area contributed by atoms with Crippen molar-refractivity contribution in [2.24, 2.45) is 4.99 Å². The normalized spacial score (nSPS) is 20.5. The third-order valence-corrected chi connectivity index (χ3v) is 7.89. The number of nitrogens with zero attached hydrogens (tertiary/aromatic N) is 5. The molecule has 4 rings (SSSR count). The van der Waals surface area contributed by atoms with Gasteiger partial charge in [0.05, 0.1) is 13.1 Å². The second-order valence-electron chi connectivity index (χ2n) is 10.3. The molecule has 7 nitrogen and oxygen atoms in total. The third kappa shape index (κ3) is 6.35. The molecule has 0 bridgehead atoms. The van der Waals surface area contributed by atoms with Gasteiger partial charge in [0.2, 0.25) is 0 Å². The molecule has 1 amide bonds. The Hall–Kier alpha value is -2.97. The van der Waals surface area contributed by atoms with Gasteiger partial charge in [0, 0.05) is 75.1 Å². The van der Waals surface area contributed by atoms with Gasteiger partial charge in [-0.25, -0.2) is 0 Å². The summed E-state index contributed by atoms with van der Waals surface area (Å²) in [5, 5.41) is 3.89. The fourth-order valence-electron chi connectivity index (χ4n) is 5.77. The molecule has 3 aliphatic heterocycles. The smallest absolute Gasteiger partial charge is 0.264 e. The van der Waals surface area contributed by atoms with Crippen LogP contribution in [0.5, 0.6) is 0 Å². The van der Waals surface area contributed by atoms with Crippen molar-refractivity contribution in [2.45, 2.75) is 45.4 Å². The number of nitrogens with one attached hydrogen (secondary N) is 1. The van der Waals surface area contributed by atoms with Crippen molar-refractivity contribution < 1.29 is 4.79 Å². The van der Waals surface area contributed by atoms with E-state index in [1.54, 1.807) is 4.90 Å². The van der Waals surface area contributed by atoms with Gasteiger partial charge in [-0.05, 0) is 61.9 Å². The van der Waals surface area contributed by atoms with Crippen LogP contribution in [-0.4, -0.2) is 91.3 Å². The van der Waals surface area contributed by atoms with E-state index in [2.05, 4.69) is 80.1 Å². The summed E-state index contributed by atoms with van der Waals surface area (Å²) in [6, 6.07) is 3.06. The van der Waals surface area contributed by atoms with E-state index >= 15 is 0 Å². The minimum atomic E-state index is -0.117. The maximum absolute atomic E-state index is 12.4. The first-order chi connectivity index (χ1) is 18.4. The number of amides is 1. The lowest BCUT2D eigenvalue weighted by Crippen LogP contribution is -2.44. The molecule has 1 unspecified atom stereocenters. The Balaban J connectivity index is 1.62. The van der Waals surface area contributed by atoms with E-state index in [9.17, 15) is 4.79 Å². The standard InChI is InChI=1S/C30H43N6OP/c1-5-15-33(4)28-22-36(27-11-7-6-10-24-12-14-32-21-26(24)27)20-13-25(28)29(31-3)34-16-8-18-35(19-9-17-34)30(37)23(2)38/h11-12,14,32H,2,5-8,10,13,15-18,20-22,38H2,1,3-4H3/b31-29+. The van der Waals surface area contributed by atoms with E-state index in [4.69, 9.17) is 4.99 Å². The quantitative estimate of drug-likeness (QED) is 0.185. The molecule has 0 aromatic carbocycles. The highest BCUT2D eigenvalue weighted by Crippen LogP contribution is 2.33. The number of allylic oxidation sites excluding steroid dienone is 3. The molecule has 8 heteroatoms. The van der Waals surface area contributed by atoms with Gasteiger partial charge in [-0.1, -0.05) is 25.5 Å².